The van der Waals surface area contributed by atoms with Gasteiger partial charge in [0, 0.05) is 19.7 Å². The van der Waals surface area contributed by atoms with Gasteiger partial charge in [0.2, 0.25) is 5.91 Å². The quantitative estimate of drug-likeness (QED) is 0.608. The maximum atomic E-state index is 11.7. The number of carbonyl (C=O) groups excluding carboxylic acids is 1. The number of rotatable bonds is 9. The number of alkyl halides is 2. The van der Waals surface area contributed by atoms with Gasteiger partial charge in [0.25, 0.3) is 6.43 Å². The molecule has 0 saturated carbocycles. The van der Waals surface area contributed by atoms with Crippen molar-refractivity contribution in [1.82, 2.24) is 4.90 Å². The lowest BCUT2D eigenvalue weighted by Crippen LogP contribution is -2.32. The number of aliphatic hydroxyl groups excluding tert-OH is 1. The summed E-state index contributed by atoms with van der Waals surface area (Å²) in [6.45, 7) is 2.28. The SMILES string of the molecule is CCN(CCCO)C(=O)CCOCC(F)F. The molecule has 1 amide bonds. The summed E-state index contributed by atoms with van der Waals surface area (Å²) in [5.74, 6) is -0.134. The average molecular weight is 239 g/mol. The van der Waals surface area contributed by atoms with Crippen molar-refractivity contribution in [3.05, 3.63) is 0 Å². The first-order chi connectivity index (χ1) is 7.61. The maximum absolute atomic E-state index is 11.7. The molecule has 0 aromatic heterocycles. The van der Waals surface area contributed by atoms with E-state index in [0.717, 1.165) is 0 Å². The van der Waals surface area contributed by atoms with Gasteiger partial charge in [-0.2, -0.15) is 0 Å². The van der Waals surface area contributed by atoms with Crippen LogP contribution in [0.2, 0.25) is 0 Å². The van der Waals surface area contributed by atoms with Gasteiger partial charge < -0.3 is 14.7 Å². The molecule has 0 radical (unpaired) electrons. The summed E-state index contributed by atoms with van der Waals surface area (Å²) in [6.07, 6.45) is -1.87. The number of aliphatic hydroxyl groups is 1. The van der Waals surface area contributed by atoms with E-state index in [1.165, 1.54) is 0 Å². The number of hydrogen-bond donors (Lipinski definition) is 1. The second-order valence-corrected chi connectivity index (χ2v) is 3.27. The summed E-state index contributed by atoms with van der Waals surface area (Å²) < 4.78 is 28.0. The molecule has 0 bridgehead atoms. The van der Waals surface area contributed by atoms with E-state index in [-0.39, 0.29) is 25.5 Å². The first kappa shape index (κ1) is 15.2. The molecule has 0 aromatic rings. The summed E-state index contributed by atoms with van der Waals surface area (Å²) in [6, 6.07) is 0. The number of carbonyl (C=O) groups is 1. The number of nitrogens with zero attached hydrogens (tertiary/aromatic N) is 1. The third-order valence-electron chi connectivity index (χ3n) is 2.02. The highest BCUT2D eigenvalue weighted by molar-refractivity contribution is 5.76. The monoisotopic (exact) mass is 239 g/mol. The minimum absolute atomic E-state index is 0.0127. The predicted molar refractivity (Wildman–Crippen MR) is 55.4 cm³/mol. The fourth-order valence-electron chi connectivity index (χ4n) is 1.21. The Morgan fingerprint density at radius 2 is 2.19 bits per heavy atom. The first-order valence-corrected chi connectivity index (χ1v) is 5.36. The molecule has 0 spiro atoms. The average Bonchev–Trinajstić information content (AvgIpc) is 2.25. The second-order valence-electron chi connectivity index (χ2n) is 3.27. The first-order valence-electron chi connectivity index (χ1n) is 5.36. The van der Waals surface area contributed by atoms with Crippen LogP contribution in [0.5, 0.6) is 0 Å². The zero-order chi connectivity index (χ0) is 12.4. The molecule has 0 heterocycles. The molecule has 0 aliphatic carbocycles. The Morgan fingerprint density at radius 3 is 2.69 bits per heavy atom. The van der Waals surface area contributed by atoms with Crippen molar-refractivity contribution in [2.45, 2.75) is 26.2 Å². The van der Waals surface area contributed by atoms with Crippen molar-refractivity contribution in [2.75, 3.05) is 32.9 Å². The summed E-state index contributed by atoms with van der Waals surface area (Å²) in [5.41, 5.74) is 0. The van der Waals surface area contributed by atoms with Crippen molar-refractivity contribution in [3.8, 4) is 0 Å². The summed E-state index contributed by atoms with van der Waals surface area (Å²) >= 11 is 0. The van der Waals surface area contributed by atoms with Crippen LogP contribution in [0.1, 0.15) is 19.8 Å². The standard InChI is InChI=1S/C10H19F2NO3/c1-2-13(5-3-6-14)10(15)4-7-16-8-9(11)12/h9,14H,2-8H2,1H3. The lowest BCUT2D eigenvalue weighted by Gasteiger charge is -2.20. The lowest BCUT2D eigenvalue weighted by atomic mass is 10.3. The van der Waals surface area contributed by atoms with Crippen molar-refractivity contribution < 1.29 is 23.4 Å². The molecule has 0 atom stereocenters. The zero-order valence-corrected chi connectivity index (χ0v) is 9.49. The van der Waals surface area contributed by atoms with E-state index < -0.39 is 13.0 Å². The van der Waals surface area contributed by atoms with Crippen molar-refractivity contribution >= 4 is 5.91 Å². The molecule has 0 fully saturated rings. The van der Waals surface area contributed by atoms with Gasteiger partial charge >= 0.3 is 0 Å². The van der Waals surface area contributed by atoms with Crippen LogP contribution in [0.25, 0.3) is 0 Å². The number of halogens is 2. The van der Waals surface area contributed by atoms with Crippen molar-refractivity contribution in [2.24, 2.45) is 0 Å². The van der Waals surface area contributed by atoms with Gasteiger partial charge in [-0.15, -0.1) is 0 Å². The Balaban J connectivity index is 3.66. The molecule has 0 rings (SSSR count). The molecule has 4 nitrogen and oxygen atoms in total. The van der Waals surface area contributed by atoms with Gasteiger partial charge in [0.05, 0.1) is 13.0 Å². The number of amides is 1. The van der Waals surface area contributed by atoms with Crippen molar-refractivity contribution in [1.29, 1.82) is 0 Å². The van der Waals surface area contributed by atoms with E-state index in [1.54, 1.807) is 4.90 Å². The Bertz CT molecular complexity index is 191. The summed E-state index contributed by atoms with van der Waals surface area (Å²) in [5, 5.41) is 8.62. The Labute approximate surface area is 94.2 Å². The Kier molecular flexibility index (Phi) is 9.03. The van der Waals surface area contributed by atoms with Crippen LogP contribution in [0, 0.1) is 0 Å². The zero-order valence-electron chi connectivity index (χ0n) is 9.49. The van der Waals surface area contributed by atoms with Crippen LogP contribution in [0.3, 0.4) is 0 Å². The van der Waals surface area contributed by atoms with Gasteiger partial charge in [-0.3, -0.25) is 4.79 Å². The minimum Gasteiger partial charge on any atom is -0.396 e. The van der Waals surface area contributed by atoms with E-state index in [1.807, 2.05) is 6.92 Å². The van der Waals surface area contributed by atoms with Crippen LogP contribution in [0.15, 0.2) is 0 Å². The topological polar surface area (TPSA) is 49.8 Å². The normalized spacial score (nSPS) is 10.8. The summed E-state index contributed by atoms with van der Waals surface area (Å²) in [7, 11) is 0. The highest BCUT2D eigenvalue weighted by atomic mass is 19.3. The lowest BCUT2D eigenvalue weighted by molar-refractivity contribution is -0.132. The Hall–Kier alpha value is -0.750. The number of hydrogen-bond acceptors (Lipinski definition) is 3. The second kappa shape index (κ2) is 9.47. The highest BCUT2D eigenvalue weighted by Crippen LogP contribution is 1.98. The van der Waals surface area contributed by atoms with Gasteiger partial charge in [0.1, 0.15) is 6.61 Å². The molecule has 6 heteroatoms. The third-order valence-corrected chi connectivity index (χ3v) is 2.02. The van der Waals surface area contributed by atoms with Crippen LogP contribution in [-0.4, -0.2) is 55.2 Å². The van der Waals surface area contributed by atoms with Gasteiger partial charge in [-0.25, -0.2) is 8.78 Å². The van der Waals surface area contributed by atoms with Gasteiger partial charge in [-0.1, -0.05) is 0 Å². The molecule has 0 aliphatic rings. The minimum atomic E-state index is -2.49. The predicted octanol–water partition coefficient (Wildman–Crippen LogP) is 0.889. The largest absolute Gasteiger partial charge is 0.396 e. The smallest absolute Gasteiger partial charge is 0.261 e. The fraction of sp³-hybridized carbons (Fsp3) is 0.900. The molecule has 0 unspecified atom stereocenters. The summed E-state index contributed by atoms with van der Waals surface area (Å²) in [4.78, 5) is 13.1. The van der Waals surface area contributed by atoms with E-state index in [9.17, 15) is 13.6 Å². The molecule has 0 aromatic carbocycles. The fourth-order valence-corrected chi connectivity index (χ4v) is 1.21. The molecular formula is C10H19F2NO3. The highest BCUT2D eigenvalue weighted by Gasteiger charge is 2.11. The number of ether oxygens (including phenoxy) is 1. The maximum Gasteiger partial charge on any atom is 0.261 e. The molecule has 16 heavy (non-hydrogen) atoms. The van der Waals surface area contributed by atoms with E-state index >= 15 is 0 Å². The van der Waals surface area contributed by atoms with Crippen molar-refractivity contribution in [3.63, 3.8) is 0 Å². The van der Waals surface area contributed by atoms with Crippen LogP contribution < -0.4 is 0 Å². The van der Waals surface area contributed by atoms with E-state index in [2.05, 4.69) is 4.74 Å². The molecule has 0 saturated heterocycles. The van der Waals surface area contributed by atoms with Crippen LogP contribution in [-0.2, 0) is 9.53 Å². The molecule has 0 aliphatic heterocycles. The molecular weight excluding hydrogens is 220 g/mol. The Morgan fingerprint density at radius 1 is 1.50 bits per heavy atom. The van der Waals surface area contributed by atoms with E-state index in [0.29, 0.717) is 19.5 Å². The van der Waals surface area contributed by atoms with Crippen LogP contribution >= 0.6 is 0 Å². The molecule has 96 valence electrons. The van der Waals surface area contributed by atoms with Gasteiger partial charge in [-0.05, 0) is 13.3 Å². The molecule has 1 N–H and O–H groups in total. The van der Waals surface area contributed by atoms with Gasteiger partial charge in [0.15, 0.2) is 0 Å². The van der Waals surface area contributed by atoms with Crippen LogP contribution in [0.4, 0.5) is 8.78 Å². The third kappa shape index (κ3) is 7.53. The van der Waals surface area contributed by atoms with E-state index in [4.69, 9.17) is 5.11 Å².